The molecule has 0 amide bonds. The number of methoxy groups -OCH3 is 1. The van der Waals surface area contributed by atoms with Crippen LogP contribution < -0.4 is 10.9 Å². The van der Waals surface area contributed by atoms with Gasteiger partial charge in [-0.1, -0.05) is 24.3 Å². The van der Waals surface area contributed by atoms with E-state index in [0.717, 1.165) is 32.1 Å². The van der Waals surface area contributed by atoms with Crippen molar-refractivity contribution >= 4 is 33.6 Å². The van der Waals surface area contributed by atoms with Gasteiger partial charge >= 0.3 is 5.97 Å². The molecule has 0 saturated carbocycles. The van der Waals surface area contributed by atoms with E-state index in [1.165, 1.54) is 13.3 Å². The maximum absolute atomic E-state index is 12.8. The van der Waals surface area contributed by atoms with E-state index >= 15 is 0 Å². The summed E-state index contributed by atoms with van der Waals surface area (Å²) >= 11 is 0. The molecule has 0 bridgehead atoms. The van der Waals surface area contributed by atoms with Crippen molar-refractivity contribution in [2.24, 2.45) is 0 Å². The van der Waals surface area contributed by atoms with Gasteiger partial charge in [0.15, 0.2) is 0 Å². The topological polar surface area (TPSA) is 107 Å². The zero-order chi connectivity index (χ0) is 21.3. The molecule has 30 heavy (non-hydrogen) atoms. The summed E-state index contributed by atoms with van der Waals surface area (Å²) in [5.74, 6) is -0.867. The van der Waals surface area contributed by atoms with Crippen LogP contribution in [0.2, 0.25) is 0 Å². The Morgan fingerprint density at radius 2 is 2.00 bits per heavy atom. The molecule has 2 N–H and O–H groups in total. The number of rotatable bonds is 7. The minimum Gasteiger partial charge on any atom is -0.480 e. The van der Waals surface area contributed by atoms with Gasteiger partial charge in [0, 0.05) is 23.9 Å². The number of ether oxygens (including phenoxy) is 1. The second-order valence-electron chi connectivity index (χ2n) is 7.03. The molecule has 0 radical (unpaired) electrons. The van der Waals surface area contributed by atoms with Gasteiger partial charge in [0.25, 0.3) is 5.56 Å². The number of hydrogen-bond donors (Lipinski definition) is 2. The van der Waals surface area contributed by atoms with Crippen molar-refractivity contribution in [2.75, 3.05) is 12.4 Å². The number of nitrogens with zero attached hydrogens (tertiary/aromatic N) is 2. The Balaban J connectivity index is 1.68. The summed E-state index contributed by atoms with van der Waals surface area (Å²) in [5, 5.41) is 14.3. The Kier molecular flexibility index (Phi) is 5.24. The number of carbonyl (C=O) groups is 1. The van der Waals surface area contributed by atoms with Crippen molar-refractivity contribution in [1.29, 1.82) is 0 Å². The summed E-state index contributed by atoms with van der Waals surface area (Å²) in [4.78, 5) is 28.2. The lowest BCUT2D eigenvalue weighted by molar-refractivity contribution is -0.137. The summed E-state index contributed by atoms with van der Waals surface area (Å²) in [7, 11) is 1.46. The molecular weight excluding hydrogens is 386 g/mol. The van der Waals surface area contributed by atoms with Gasteiger partial charge in [-0.15, -0.1) is 0 Å². The number of hydrogen-bond acceptors (Lipinski definition) is 6. The van der Waals surface area contributed by atoms with Gasteiger partial charge in [-0.3, -0.25) is 14.2 Å². The number of aromatic nitrogens is 2. The molecule has 0 unspecified atom stereocenters. The Labute approximate surface area is 171 Å². The third kappa shape index (κ3) is 3.65. The van der Waals surface area contributed by atoms with Gasteiger partial charge in [0.05, 0.1) is 6.20 Å². The van der Waals surface area contributed by atoms with Crippen molar-refractivity contribution in [3.63, 3.8) is 0 Å². The predicted molar refractivity (Wildman–Crippen MR) is 113 cm³/mol. The van der Waals surface area contributed by atoms with Gasteiger partial charge in [-0.25, -0.2) is 4.98 Å². The highest BCUT2D eigenvalue weighted by atomic mass is 16.5. The number of anilines is 1. The molecule has 4 rings (SSSR count). The minimum atomic E-state index is -1.13. The zero-order valence-corrected chi connectivity index (χ0v) is 16.6. The number of para-hydroxylation sites is 1. The van der Waals surface area contributed by atoms with Crippen LogP contribution in [0.25, 0.3) is 21.9 Å². The maximum atomic E-state index is 12.8. The molecule has 4 aromatic rings. The zero-order valence-electron chi connectivity index (χ0n) is 16.6. The fourth-order valence-corrected chi connectivity index (χ4v) is 3.50. The molecule has 0 fully saturated rings. The predicted octanol–water partition coefficient (Wildman–Crippen LogP) is 3.55. The fourth-order valence-electron chi connectivity index (χ4n) is 3.50. The van der Waals surface area contributed by atoms with Crippen LogP contribution in [0.15, 0.2) is 57.9 Å². The molecular formula is C22H21N3O5. The van der Waals surface area contributed by atoms with E-state index < -0.39 is 18.1 Å². The molecule has 8 heteroatoms. The Morgan fingerprint density at radius 1 is 1.23 bits per heavy atom. The first-order valence-corrected chi connectivity index (χ1v) is 9.45. The van der Waals surface area contributed by atoms with Crippen LogP contribution in [0.3, 0.4) is 0 Å². The Hall–Kier alpha value is -3.65. The van der Waals surface area contributed by atoms with Crippen molar-refractivity contribution < 1.29 is 19.1 Å². The van der Waals surface area contributed by atoms with Crippen LogP contribution in [-0.4, -0.2) is 27.7 Å². The van der Waals surface area contributed by atoms with Crippen molar-refractivity contribution in [3.8, 4) is 0 Å². The van der Waals surface area contributed by atoms with Crippen LogP contribution in [-0.2, 0) is 22.7 Å². The van der Waals surface area contributed by atoms with Gasteiger partial charge in [0.2, 0.25) is 0 Å². The van der Waals surface area contributed by atoms with E-state index in [9.17, 15) is 9.59 Å². The molecule has 2 aromatic carbocycles. The summed E-state index contributed by atoms with van der Waals surface area (Å²) in [6.07, 6.45) is 1.41. The van der Waals surface area contributed by atoms with Crippen molar-refractivity contribution in [1.82, 2.24) is 9.55 Å². The van der Waals surface area contributed by atoms with Gasteiger partial charge in [-0.05, 0) is 30.7 Å². The number of fused-ring (bicyclic) bond motifs is 3. The van der Waals surface area contributed by atoms with Crippen LogP contribution in [0.4, 0.5) is 5.69 Å². The standard InChI is InChI=1S/C22H21N3O5/c1-13(14-7-8-19-16(9-14)15-5-3-4-6-18(15)30-19)24-17-10-23-20(12-29-2)25(22(17)28)11-21(26)27/h3-10,13,24H,11-12H2,1-2H3,(H,26,27)/t13-/m1/s1. The van der Waals surface area contributed by atoms with E-state index in [0.29, 0.717) is 0 Å². The average Bonchev–Trinajstić information content (AvgIpc) is 3.10. The summed E-state index contributed by atoms with van der Waals surface area (Å²) < 4.78 is 12.0. The number of aliphatic carboxylic acids is 1. The van der Waals surface area contributed by atoms with Crippen molar-refractivity contribution in [3.05, 3.63) is 70.4 Å². The number of carboxylic acids is 1. The number of furan rings is 1. The molecule has 1 atom stereocenters. The second kappa shape index (κ2) is 8.00. The molecule has 2 heterocycles. The lowest BCUT2D eigenvalue weighted by Crippen LogP contribution is -2.31. The van der Waals surface area contributed by atoms with Gasteiger partial charge in [-0.2, -0.15) is 0 Å². The first-order valence-electron chi connectivity index (χ1n) is 9.45. The molecule has 0 aliphatic carbocycles. The SMILES string of the molecule is COCc1ncc(N[C@H](C)c2ccc3oc4ccccc4c3c2)c(=O)n1CC(=O)O. The third-order valence-corrected chi connectivity index (χ3v) is 4.97. The van der Waals surface area contributed by atoms with Crippen LogP contribution in [0.5, 0.6) is 0 Å². The first-order chi connectivity index (χ1) is 14.5. The lowest BCUT2D eigenvalue weighted by atomic mass is 10.0. The quantitative estimate of drug-likeness (QED) is 0.482. The highest BCUT2D eigenvalue weighted by molar-refractivity contribution is 6.05. The monoisotopic (exact) mass is 407 g/mol. The average molecular weight is 407 g/mol. The molecule has 0 spiro atoms. The Morgan fingerprint density at radius 3 is 2.77 bits per heavy atom. The second-order valence-corrected chi connectivity index (χ2v) is 7.03. The van der Waals surface area contributed by atoms with Crippen LogP contribution >= 0.6 is 0 Å². The molecule has 0 saturated heterocycles. The lowest BCUT2D eigenvalue weighted by Gasteiger charge is -2.17. The summed E-state index contributed by atoms with van der Waals surface area (Å²) in [6.45, 7) is 1.48. The maximum Gasteiger partial charge on any atom is 0.323 e. The molecule has 154 valence electrons. The number of carboxylic acid groups (broad SMARTS) is 1. The largest absolute Gasteiger partial charge is 0.480 e. The minimum absolute atomic E-state index is 0.0442. The van der Waals surface area contributed by atoms with E-state index in [4.69, 9.17) is 14.3 Å². The highest BCUT2D eigenvalue weighted by Gasteiger charge is 2.16. The molecule has 0 aliphatic rings. The van der Waals surface area contributed by atoms with Crippen LogP contribution in [0.1, 0.15) is 24.4 Å². The summed E-state index contributed by atoms with van der Waals surface area (Å²) in [5.41, 5.74) is 2.34. The van der Waals surface area contributed by atoms with Gasteiger partial charge < -0.3 is 19.6 Å². The third-order valence-electron chi connectivity index (χ3n) is 4.97. The normalized spacial score (nSPS) is 12.3. The molecule has 2 aromatic heterocycles. The number of nitrogens with one attached hydrogen (secondary N) is 1. The smallest absolute Gasteiger partial charge is 0.323 e. The van der Waals surface area contributed by atoms with Crippen LogP contribution in [0, 0.1) is 0 Å². The molecule has 0 aliphatic heterocycles. The van der Waals surface area contributed by atoms with E-state index in [2.05, 4.69) is 10.3 Å². The van der Waals surface area contributed by atoms with E-state index in [1.54, 1.807) is 0 Å². The fraction of sp³-hybridized carbons (Fsp3) is 0.227. The van der Waals surface area contributed by atoms with Crippen molar-refractivity contribution in [2.45, 2.75) is 26.1 Å². The molecule has 8 nitrogen and oxygen atoms in total. The van der Waals surface area contributed by atoms with Gasteiger partial charge in [0.1, 0.15) is 35.8 Å². The highest BCUT2D eigenvalue weighted by Crippen LogP contribution is 2.31. The van der Waals surface area contributed by atoms with E-state index in [-0.39, 0.29) is 24.2 Å². The van der Waals surface area contributed by atoms with E-state index in [1.807, 2.05) is 49.4 Å². The first kappa shape index (κ1) is 19.7. The Bertz CT molecular complexity index is 1290. The number of benzene rings is 2. The summed E-state index contributed by atoms with van der Waals surface area (Å²) in [6, 6.07) is 13.5.